The van der Waals surface area contributed by atoms with Crippen LogP contribution >= 0.6 is 0 Å². The monoisotopic (exact) mass is 148 g/mol. The lowest BCUT2D eigenvalue weighted by Crippen LogP contribution is -1.90. The first-order valence-electron chi connectivity index (χ1n) is 3.24. The van der Waals surface area contributed by atoms with Crippen molar-refractivity contribution in [3.63, 3.8) is 0 Å². The lowest BCUT2D eigenvalue weighted by atomic mass is 10.3. The van der Waals surface area contributed by atoms with Crippen LogP contribution < -0.4 is 5.73 Å². The standard InChI is InChI=1S/C9H12N2/c1-4-5-6-8(2)7-11-9(3)10/h6-7H,3,10H2,1-2H3/b8-6+,11-7+. The molecule has 2 N–H and O–H groups in total. The molecule has 0 heterocycles. The van der Waals surface area contributed by atoms with Crippen LogP contribution in [-0.4, -0.2) is 6.21 Å². The van der Waals surface area contributed by atoms with E-state index in [4.69, 9.17) is 5.73 Å². The first-order valence-corrected chi connectivity index (χ1v) is 3.24. The normalized spacial score (nSPS) is 10.9. The third kappa shape index (κ3) is 6.39. The molecule has 0 aliphatic carbocycles. The number of aliphatic imine (C=N–C) groups is 1. The van der Waals surface area contributed by atoms with Gasteiger partial charge in [-0.2, -0.15) is 0 Å². The van der Waals surface area contributed by atoms with Crippen LogP contribution in [0.2, 0.25) is 0 Å². The summed E-state index contributed by atoms with van der Waals surface area (Å²) in [6.45, 7) is 7.10. The fourth-order valence-electron chi connectivity index (χ4n) is 0.408. The van der Waals surface area contributed by atoms with Gasteiger partial charge >= 0.3 is 0 Å². The topological polar surface area (TPSA) is 38.4 Å². The summed E-state index contributed by atoms with van der Waals surface area (Å²) in [5, 5.41) is 0. The number of rotatable bonds is 2. The molecule has 11 heavy (non-hydrogen) atoms. The van der Waals surface area contributed by atoms with Crippen molar-refractivity contribution in [2.75, 3.05) is 0 Å². The highest BCUT2D eigenvalue weighted by Crippen LogP contribution is 1.87. The van der Waals surface area contributed by atoms with E-state index in [9.17, 15) is 0 Å². The second kappa shape index (κ2) is 5.31. The molecule has 0 aliphatic rings. The van der Waals surface area contributed by atoms with Crippen LogP contribution in [0, 0.1) is 11.8 Å². The van der Waals surface area contributed by atoms with Gasteiger partial charge < -0.3 is 5.73 Å². The fourth-order valence-corrected chi connectivity index (χ4v) is 0.408. The molecular formula is C9H12N2. The quantitative estimate of drug-likeness (QED) is 0.467. The second-order valence-electron chi connectivity index (χ2n) is 2.03. The van der Waals surface area contributed by atoms with Gasteiger partial charge in [-0.25, -0.2) is 4.99 Å². The predicted octanol–water partition coefficient (Wildman–Crippen LogP) is 1.46. The Bertz CT molecular complexity index is 248. The number of hydrogen-bond acceptors (Lipinski definition) is 2. The van der Waals surface area contributed by atoms with Gasteiger partial charge in [0.1, 0.15) is 5.82 Å². The van der Waals surface area contributed by atoms with E-state index < -0.39 is 0 Å². The Labute approximate surface area is 67.5 Å². The molecule has 0 fully saturated rings. The van der Waals surface area contributed by atoms with Crippen molar-refractivity contribution in [3.05, 3.63) is 24.0 Å². The molecule has 0 aromatic rings. The molecule has 0 atom stereocenters. The van der Waals surface area contributed by atoms with Crippen molar-refractivity contribution in [2.24, 2.45) is 10.7 Å². The first kappa shape index (κ1) is 9.51. The van der Waals surface area contributed by atoms with Gasteiger partial charge in [-0.15, -0.1) is 5.92 Å². The summed E-state index contributed by atoms with van der Waals surface area (Å²) >= 11 is 0. The summed E-state index contributed by atoms with van der Waals surface area (Å²) in [4.78, 5) is 3.80. The average molecular weight is 148 g/mol. The molecule has 0 bridgehead atoms. The van der Waals surface area contributed by atoms with Crippen molar-refractivity contribution in [2.45, 2.75) is 13.8 Å². The summed E-state index contributed by atoms with van der Waals surface area (Å²) < 4.78 is 0. The van der Waals surface area contributed by atoms with Crippen molar-refractivity contribution >= 4 is 6.21 Å². The van der Waals surface area contributed by atoms with E-state index in [1.807, 2.05) is 6.92 Å². The highest BCUT2D eigenvalue weighted by Gasteiger charge is 1.78. The van der Waals surface area contributed by atoms with E-state index in [-0.39, 0.29) is 0 Å². The van der Waals surface area contributed by atoms with Gasteiger partial charge in [-0.05, 0) is 25.5 Å². The minimum absolute atomic E-state index is 0.308. The van der Waals surface area contributed by atoms with Crippen LogP contribution in [0.4, 0.5) is 0 Å². The van der Waals surface area contributed by atoms with Gasteiger partial charge in [0.15, 0.2) is 0 Å². The zero-order valence-electron chi connectivity index (χ0n) is 6.89. The number of nitrogens with two attached hydrogens (primary N) is 1. The molecule has 0 radical (unpaired) electrons. The molecule has 0 amide bonds. The Morgan fingerprint density at radius 3 is 2.73 bits per heavy atom. The van der Waals surface area contributed by atoms with Crippen molar-refractivity contribution in [3.8, 4) is 11.8 Å². The summed E-state index contributed by atoms with van der Waals surface area (Å²) in [5.74, 6) is 5.85. The van der Waals surface area contributed by atoms with Gasteiger partial charge in [0.25, 0.3) is 0 Å². The van der Waals surface area contributed by atoms with Gasteiger partial charge in [0.2, 0.25) is 0 Å². The van der Waals surface area contributed by atoms with E-state index in [1.165, 1.54) is 0 Å². The van der Waals surface area contributed by atoms with Gasteiger partial charge in [-0.3, -0.25) is 0 Å². The maximum atomic E-state index is 5.21. The molecule has 0 saturated heterocycles. The molecule has 0 rings (SSSR count). The first-order chi connectivity index (χ1) is 5.16. The van der Waals surface area contributed by atoms with Crippen LogP contribution in [-0.2, 0) is 0 Å². The van der Waals surface area contributed by atoms with E-state index in [0.29, 0.717) is 5.82 Å². The smallest absolute Gasteiger partial charge is 0.115 e. The van der Waals surface area contributed by atoms with E-state index in [1.54, 1.807) is 19.2 Å². The Hall–Kier alpha value is -1.49. The molecule has 0 spiro atoms. The Morgan fingerprint density at radius 1 is 1.64 bits per heavy atom. The van der Waals surface area contributed by atoms with E-state index in [2.05, 4.69) is 23.4 Å². The van der Waals surface area contributed by atoms with Gasteiger partial charge in [0, 0.05) is 6.21 Å². The summed E-state index contributed by atoms with van der Waals surface area (Å²) in [5.41, 5.74) is 6.18. The third-order valence-corrected chi connectivity index (χ3v) is 0.878. The molecule has 0 saturated carbocycles. The molecule has 0 aromatic carbocycles. The summed E-state index contributed by atoms with van der Waals surface area (Å²) in [6.07, 6.45) is 3.40. The molecule has 58 valence electrons. The van der Waals surface area contributed by atoms with Crippen LogP contribution in [0.1, 0.15) is 13.8 Å². The second-order valence-corrected chi connectivity index (χ2v) is 2.03. The molecule has 2 nitrogen and oxygen atoms in total. The predicted molar refractivity (Wildman–Crippen MR) is 49.0 cm³/mol. The molecule has 0 aromatic heterocycles. The Balaban J connectivity index is 4.12. The molecule has 0 aliphatic heterocycles. The molecule has 0 unspecified atom stereocenters. The van der Waals surface area contributed by atoms with E-state index in [0.717, 1.165) is 5.57 Å². The van der Waals surface area contributed by atoms with Gasteiger partial charge in [0.05, 0.1) is 0 Å². The Morgan fingerprint density at radius 2 is 2.27 bits per heavy atom. The highest BCUT2D eigenvalue weighted by atomic mass is 14.9. The lowest BCUT2D eigenvalue weighted by molar-refractivity contribution is 1.27. The summed E-state index contributed by atoms with van der Waals surface area (Å²) in [6, 6.07) is 0. The van der Waals surface area contributed by atoms with Crippen LogP contribution in [0.25, 0.3) is 0 Å². The zero-order valence-corrected chi connectivity index (χ0v) is 6.89. The number of allylic oxidation sites excluding steroid dienone is 2. The van der Waals surface area contributed by atoms with Crippen LogP contribution in [0.3, 0.4) is 0 Å². The SMILES string of the molecule is C=C(N)/N=C/C(C)=C/C#CC. The van der Waals surface area contributed by atoms with Crippen molar-refractivity contribution in [1.82, 2.24) is 0 Å². The maximum Gasteiger partial charge on any atom is 0.115 e. The lowest BCUT2D eigenvalue weighted by Gasteiger charge is -1.87. The summed E-state index contributed by atoms with van der Waals surface area (Å²) in [7, 11) is 0. The third-order valence-electron chi connectivity index (χ3n) is 0.878. The average Bonchev–Trinajstić information content (AvgIpc) is 1.97. The fraction of sp³-hybridized carbons (Fsp3) is 0.222. The highest BCUT2D eigenvalue weighted by molar-refractivity contribution is 5.79. The zero-order chi connectivity index (χ0) is 8.69. The van der Waals surface area contributed by atoms with Crippen molar-refractivity contribution in [1.29, 1.82) is 0 Å². The maximum absolute atomic E-state index is 5.21. The molecular weight excluding hydrogens is 136 g/mol. The number of hydrogen-bond donors (Lipinski definition) is 1. The van der Waals surface area contributed by atoms with E-state index >= 15 is 0 Å². The molecule has 2 heteroatoms. The largest absolute Gasteiger partial charge is 0.384 e. The minimum Gasteiger partial charge on any atom is -0.384 e. The minimum atomic E-state index is 0.308. The van der Waals surface area contributed by atoms with Crippen molar-refractivity contribution < 1.29 is 0 Å². The van der Waals surface area contributed by atoms with Crippen LogP contribution in [0.5, 0.6) is 0 Å². The van der Waals surface area contributed by atoms with Gasteiger partial charge in [-0.1, -0.05) is 12.5 Å². The number of nitrogens with zero attached hydrogens (tertiary/aromatic N) is 1. The van der Waals surface area contributed by atoms with Crippen LogP contribution in [0.15, 0.2) is 29.0 Å². The Kier molecular flexibility index (Phi) is 4.59.